The molecule has 0 bridgehead atoms. The lowest BCUT2D eigenvalue weighted by Gasteiger charge is -2.12. The average Bonchev–Trinajstić information content (AvgIpc) is 3.22. The highest BCUT2D eigenvalue weighted by molar-refractivity contribution is 5.91. The van der Waals surface area contributed by atoms with Crippen molar-refractivity contribution in [2.75, 3.05) is 20.3 Å². The molecule has 1 aromatic heterocycles. The average molecular weight is 374 g/mol. The number of rotatable bonds is 11. The van der Waals surface area contributed by atoms with Gasteiger partial charge in [0.25, 0.3) is 5.91 Å². The molecule has 2 aromatic rings. The number of hydrogen-bond donors (Lipinski definition) is 2. The molecule has 0 fully saturated rings. The number of carbonyl (C=O) groups is 2. The first-order valence-corrected chi connectivity index (χ1v) is 9.02. The quantitative estimate of drug-likeness (QED) is 0.590. The van der Waals surface area contributed by atoms with Crippen molar-refractivity contribution in [2.45, 2.75) is 32.7 Å². The SMILES string of the molecule is CCCCOc1ccc(CNC(=O)CCNC(=O)c2ccco2)cc1OC. The van der Waals surface area contributed by atoms with Crippen molar-refractivity contribution in [1.82, 2.24) is 10.6 Å². The standard InChI is InChI=1S/C20H26N2O5/c1-3-4-11-26-16-8-7-15(13-18(16)25-2)14-22-19(23)9-10-21-20(24)17-6-5-12-27-17/h5-8,12-13H,3-4,9-11,14H2,1-2H3,(H,21,24)(H,22,23). The summed E-state index contributed by atoms with van der Waals surface area (Å²) >= 11 is 0. The molecule has 146 valence electrons. The van der Waals surface area contributed by atoms with Gasteiger partial charge in [0.2, 0.25) is 5.91 Å². The molecule has 2 rings (SSSR count). The second kappa shape index (κ2) is 10.9. The van der Waals surface area contributed by atoms with E-state index in [4.69, 9.17) is 13.9 Å². The molecule has 0 radical (unpaired) electrons. The molecule has 1 aromatic carbocycles. The van der Waals surface area contributed by atoms with Crippen molar-refractivity contribution < 1.29 is 23.5 Å². The molecular formula is C20H26N2O5. The van der Waals surface area contributed by atoms with Crippen LogP contribution >= 0.6 is 0 Å². The highest BCUT2D eigenvalue weighted by Gasteiger charge is 2.10. The van der Waals surface area contributed by atoms with Gasteiger partial charge in [0.05, 0.1) is 20.0 Å². The molecule has 0 spiro atoms. The molecule has 0 atom stereocenters. The molecule has 2 amide bonds. The number of hydrogen-bond acceptors (Lipinski definition) is 5. The van der Waals surface area contributed by atoms with Gasteiger partial charge < -0.3 is 24.5 Å². The summed E-state index contributed by atoms with van der Waals surface area (Å²) in [5.41, 5.74) is 0.905. The Morgan fingerprint density at radius 3 is 2.70 bits per heavy atom. The minimum Gasteiger partial charge on any atom is -0.493 e. The van der Waals surface area contributed by atoms with E-state index in [1.54, 1.807) is 19.2 Å². The van der Waals surface area contributed by atoms with Gasteiger partial charge in [0.1, 0.15) is 0 Å². The Hall–Kier alpha value is -2.96. The predicted octanol–water partition coefficient (Wildman–Crippen LogP) is 2.90. The molecule has 2 N–H and O–H groups in total. The van der Waals surface area contributed by atoms with E-state index in [9.17, 15) is 9.59 Å². The molecule has 1 heterocycles. The number of unbranched alkanes of at least 4 members (excludes halogenated alkanes) is 1. The Bertz CT molecular complexity index is 728. The summed E-state index contributed by atoms with van der Waals surface area (Å²) in [5.74, 6) is 1.07. The fourth-order valence-corrected chi connectivity index (χ4v) is 2.34. The van der Waals surface area contributed by atoms with Crippen LogP contribution in [-0.2, 0) is 11.3 Å². The van der Waals surface area contributed by atoms with Crippen LogP contribution in [0, 0.1) is 0 Å². The van der Waals surface area contributed by atoms with E-state index in [-0.39, 0.29) is 30.5 Å². The third-order valence-corrected chi connectivity index (χ3v) is 3.86. The van der Waals surface area contributed by atoms with E-state index in [1.165, 1.54) is 6.26 Å². The first-order chi connectivity index (χ1) is 13.1. The maximum absolute atomic E-state index is 11.9. The van der Waals surface area contributed by atoms with Crippen LogP contribution in [0.1, 0.15) is 42.3 Å². The monoisotopic (exact) mass is 374 g/mol. The molecule has 0 saturated carbocycles. The Kier molecular flexibility index (Phi) is 8.22. The number of methoxy groups -OCH3 is 1. The Balaban J connectivity index is 1.74. The molecule has 0 aliphatic carbocycles. The Morgan fingerprint density at radius 1 is 1.15 bits per heavy atom. The van der Waals surface area contributed by atoms with Crippen LogP contribution in [0.3, 0.4) is 0 Å². The lowest BCUT2D eigenvalue weighted by molar-refractivity contribution is -0.121. The molecule has 0 saturated heterocycles. The van der Waals surface area contributed by atoms with Gasteiger partial charge in [-0.3, -0.25) is 9.59 Å². The zero-order chi connectivity index (χ0) is 19.5. The van der Waals surface area contributed by atoms with Crippen LogP contribution < -0.4 is 20.1 Å². The highest BCUT2D eigenvalue weighted by atomic mass is 16.5. The molecule has 7 nitrogen and oxygen atoms in total. The van der Waals surface area contributed by atoms with Gasteiger partial charge >= 0.3 is 0 Å². The minimum absolute atomic E-state index is 0.156. The highest BCUT2D eigenvalue weighted by Crippen LogP contribution is 2.28. The summed E-state index contributed by atoms with van der Waals surface area (Å²) < 4.78 is 16.0. The smallest absolute Gasteiger partial charge is 0.286 e. The van der Waals surface area contributed by atoms with Gasteiger partial charge in [-0.1, -0.05) is 19.4 Å². The van der Waals surface area contributed by atoms with Gasteiger partial charge in [0, 0.05) is 19.5 Å². The van der Waals surface area contributed by atoms with Crippen molar-refractivity contribution >= 4 is 11.8 Å². The van der Waals surface area contributed by atoms with Crippen molar-refractivity contribution in [2.24, 2.45) is 0 Å². The van der Waals surface area contributed by atoms with Gasteiger partial charge in [-0.15, -0.1) is 0 Å². The van der Waals surface area contributed by atoms with Crippen LogP contribution in [0.15, 0.2) is 41.0 Å². The summed E-state index contributed by atoms with van der Waals surface area (Å²) in [7, 11) is 1.59. The fraction of sp³-hybridized carbons (Fsp3) is 0.400. The molecule has 27 heavy (non-hydrogen) atoms. The van der Waals surface area contributed by atoms with Crippen LogP contribution in [0.5, 0.6) is 11.5 Å². The summed E-state index contributed by atoms with van der Waals surface area (Å²) in [6.07, 6.45) is 3.66. The Labute approximate surface area is 159 Å². The molecule has 7 heteroatoms. The molecule has 0 aliphatic heterocycles. The summed E-state index contributed by atoms with van der Waals surface area (Å²) in [4.78, 5) is 23.6. The minimum atomic E-state index is -0.337. The van der Waals surface area contributed by atoms with E-state index in [2.05, 4.69) is 17.6 Å². The van der Waals surface area contributed by atoms with E-state index in [0.29, 0.717) is 24.7 Å². The van der Waals surface area contributed by atoms with E-state index < -0.39 is 0 Å². The number of carbonyl (C=O) groups excluding carboxylic acids is 2. The predicted molar refractivity (Wildman–Crippen MR) is 101 cm³/mol. The van der Waals surface area contributed by atoms with Crippen LogP contribution in [0.25, 0.3) is 0 Å². The maximum atomic E-state index is 11.9. The van der Waals surface area contributed by atoms with Crippen LogP contribution in [0.2, 0.25) is 0 Å². The number of ether oxygens (including phenoxy) is 2. The van der Waals surface area contributed by atoms with Crippen molar-refractivity contribution in [1.29, 1.82) is 0 Å². The zero-order valence-corrected chi connectivity index (χ0v) is 15.7. The first kappa shape index (κ1) is 20.4. The normalized spacial score (nSPS) is 10.3. The van der Waals surface area contributed by atoms with E-state index in [1.807, 2.05) is 18.2 Å². The lowest BCUT2D eigenvalue weighted by atomic mass is 10.2. The van der Waals surface area contributed by atoms with Gasteiger partial charge in [-0.2, -0.15) is 0 Å². The summed E-state index contributed by atoms with van der Waals surface area (Å²) in [5, 5.41) is 5.45. The topological polar surface area (TPSA) is 89.8 Å². The van der Waals surface area contributed by atoms with Crippen molar-refractivity contribution in [3.63, 3.8) is 0 Å². The summed E-state index contributed by atoms with van der Waals surface area (Å²) in [6, 6.07) is 8.79. The zero-order valence-electron chi connectivity index (χ0n) is 15.7. The third kappa shape index (κ3) is 6.69. The van der Waals surface area contributed by atoms with Crippen molar-refractivity contribution in [3.8, 4) is 11.5 Å². The number of benzene rings is 1. The molecular weight excluding hydrogens is 348 g/mol. The summed E-state index contributed by atoms with van der Waals surface area (Å²) in [6.45, 7) is 3.36. The van der Waals surface area contributed by atoms with Crippen LogP contribution in [0.4, 0.5) is 0 Å². The molecule has 0 unspecified atom stereocenters. The Morgan fingerprint density at radius 2 is 2.00 bits per heavy atom. The largest absolute Gasteiger partial charge is 0.493 e. The number of amides is 2. The third-order valence-electron chi connectivity index (χ3n) is 3.86. The molecule has 0 aliphatic rings. The first-order valence-electron chi connectivity index (χ1n) is 9.02. The van der Waals surface area contributed by atoms with E-state index in [0.717, 1.165) is 18.4 Å². The van der Waals surface area contributed by atoms with Crippen LogP contribution in [-0.4, -0.2) is 32.1 Å². The van der Waals surface area contributed by atoms with Gasteiger partial charge in [-0.25, -0.2) is 0 Å². The van der Waals surface area contributed by atoms with Crippen molar-refractivity contribution in [3.05, 3.63) is 47.9 Å². The van der Waals surface area contributed by atoms with E-state index >= 15 is 0 Å². The lowest BCUT2D eigenvalue weighted by Crippen LogP contribution is -2.30. The fourth-order valence-electron chi connectivity index (χ4n) is 2.34. The number of furan rings is 1. The second-order valence-corrected chi connectivity index (χ2v) is 5.95. The maximum Gasteiger partial charge on any atom is 0.286 e. The van der Waals surface area contributed by atoms with Gasteiger partial charge in [0.15, 0.2) is 17.3 Å². The second-order valence-electron chi connectivity index (χ2n) is 5.95. The van der Waals surface area contributed by atoms with Gasteiger partial charge in [-0.05, 0) is 36.2 Å². The number of nitrogens with one attached hydrogen (secondary N) is 2.